The van der Waals surface area contributed by atoms with E-state index in [1.54, 1.807) is 11.8 Å². The first-order valence-electron chi connectivity index (χ1n) is 5.90. The molecule has 0 unspecified atom stereocenters. The van der Waals surface area contributed by atoms with Crippen LogP contribution in [0.3, 0.4) is 0 Å². The summed E-state index contributed by atoms with van der Waals surface area (Å²) in [6, 6.07) is 16.4. The highest BCUT2D eigenvalue weighted by Crippen LogP contribution is 2.40. The van der Waals surface area contributed by atoms with Crippen molar-refractivity contribution in [2.75, 3.05) is 11.1 Å². The maximum atomic E-state index is 5.67. The summed E-state index contributed by atoms with van der Waals surface area (Å²) in [6.07, 6.45) is 3.14. The molecular formula is C15H14N2S. The molecule has 0 amide bonds. The molecule has 1 aliphatic rings. The molecule has 0 radical (unpaired) electrons. The van der Waals surface area contributed by atoms with E-state index in [-0.39, 0.29) is 0 Å². The molecule has 0 aromatic heterocycles. The van der Waals surface area contributed by atoms with Gasteiger partial charge in [0.1, 0.15) is 0 Å². The minimum atomic E-state index is 0.812. The van der Waals surface area contributed by atoms with Crippen LogP contribution in [0.2, 0.25) is 0 Å². The molecule has 0 atom stereocenters. The van der Waals surface area contributed by atoms with Crippen LogP contribution in [0, 0.1) is 0 Å². The number of fused-ring (bicyclic) bond motifs is 1. The number of thioether (sulfide) groups is 1. The standard InChI is InChI=1S/C15H14N2S/c16-12-8-5-11(6-9-12)7-10-15-17-13-3-1-2-4-14(13)18-15/h1-6,8-10,17H,7,16H2. The normalized spacial score (nSPS) is 15.4. The van der Waals surface area contributed by atoms with Gasteiger partial charge in [0.25, 0.3) is 0 Å². The number of nitrogens with two attached hydrogens (primary N) is 1. The van der Waals surface area contributed by atoms with E-state index in [0.717, 1.165) is 12.1 Å². The lowest BCUT2D eigenvalue weighted by atomic mass is 10.1. The molecule has 2 aromatic carbocycles. The van der Waals surface area contributed by atoms with Crippen molar-refractivity contribution in [3.05, 3.63) is 65.2 Å². The Morgan fingerprint density at radius 3 is 2.61 bits per heavy atom. The molecule has 2 aromatic rings. The monoisotopic (exact) mass is 254 g/mol. The molecule has 0 saturated heterocycles. The first-order chi connectivity index (χ1) is 8.81. The van der Waals surface area contributed by atoms with Gasteiger partial charge < -0.3 is 11.1 Å². The van der Waals surface area contributed by atoms with E-state index >= 15 is 0 Å². The second-order valence-electron chi connectivity index (χ2n) is 4.24. The molecule has 3 rings (SSSR count). The molecule has 90 valence electrons. The molecule has 0 bridgehead atoms. The molecule has 3 N–H and O–H groups in total. The number of hydrogen-bond acceptors (Lipinski definition) is 3. The number of benzene rings is 2. The summed E-state index contributed by atoms with van der Waals surface area (Å²) in [7, 11) is 0. The topological polar surface area (TPSA) is 38.0 Å². The number of hydrogen-bond donors (Lipinski definition) is 2. The Hall–Kier alpha value is -1.87. The predicted molar refractivity (Wildman–Crippen MR) is 78.6 cm³/mol. The summed E-state index contributed by atoms with van der Waals surface area (Å²) in [5.41, 5.74) is 8.96. The van der Waals surface area contributed by atoms with Crippen molar-refractivity contribution in [2.24, 2.45) is 0 Å². The van der Waals surface area contributed by atoms with E-state index in [4.69, 9.17) is 5.73 Å². The van der Waals surface area contributed by atoms with Crippen molar-refractivity contribution in [1.29, 1.82) is 0 Å². The molecule has 3 heteroatoms. The summed E-state index contributed by atoms with van der Waals surface area (Å²) in [5.74, 6) is 0. The van der Waals surface area contributed by atoms with Gasteiger partial charge in [-0.15, -0.1) is 0 Å². The zero-order valence-electron chi connectivity index (χ0n) is 9.89. The van der Waals surface area contributed by atoms with Crippen LogP contribution < -0.4 is 11.1 Å². The van der Waals surface area contributed by atoms with Gasteiger partial charge in [-0.05, 0) is 42.3 Å². The highest BCUT2D eigenvalue weighted by Gasteiger charge is 2.13. The summed E-state index contributed by atoms with van der Waals surface area (Å²) < 4.78 is 0. The second kappa shape index (κ2) is 4.78. The van der Waals surface area contributed by atoms with Crippen LogP contribution in [-0.2, 0) is 6.42 Å². The zero-order chi connectivity index (χ0) is 12.4. The lowest BCUT2D eigenvalue weighted by Crippen LogP contribution is -1.90. The number of nitrogen functional groups attached to an aromatic ring is 1. The van der Waals surface area contributed by atoms with E-state index in [0.29, 0.717) is 0 Å². The molecule has 1 heterocycles. The van der Waals surface area contributed by atoms with Gasteiger partial charge in [0.2, 0.25) is 0 Å². The van der Waals surface area contributed by atoms with Gasteiger partial charge in [-0.3, -0.25) is 0 Å². The van der Waals surface area contributed by atoms with Crippen LogP contribution >= 0.6 is 11.8 Å². The number of para-hydroxylation sites is 1. The van der Waals surface area contributed by atoms with E-state index in [1.807, 2.05) is 12.1 Å². The molecule has 18 heavy (non-hydrogen) atoms. The number of anilines is 2. The van der Waals surface area contributed by atoms with Crippen molar-refractivity contribution < 1.29 is 0 Å². The van der Waals surface area contributed by atoms with Crippen molar-refractivity contribution in [1.82, 2.24) is 0 Å². The molecule has 0 fully saturated rings. The number of allylic oxidation sites excluding steroid dienone is 1. The van der Waals surface area contributed by atoms with E-state index in [2.05, 4.69) is 47.8 Å². The van der Waals surface area contributed by atoms with Gasteiger partial charge in [-0.1, -0.05) is 36.0 Å². The molecule has 1 aliphatic heterocycles. The van der Waals surface area contributed by atoms with E-state index in [9.17, 15) is 0 Å². The van der Waals surface area contributed by atoms with Crippen molar-refractivity contribution in [3.8, 4) is 0 Å². The Morgan fingerprint density at radius 2 is 1.83 bits per heavy atom. The Bertz CT molecular complexity index is 561. The third-order valence-corrected chi connectivity index (χ3v) is 3.93. The largest absolute Gasteiger partial charge is 0.399 e. The van der Waals surface area contributed by atoms with Crippen LogP contribution in [0.5, 0.6) is 0 Å². The Kier molecular flexibility index (Phi) is 2.99. The molecule has 0 aliphatic carbocycles. The Labute approximate surface area is 111 Å². The van der Waals surface area contributed by atoms with Crippen molar-refractivity contribution in [2.45, 2.75) is 11.3 Å². The maximum absolute atomic E-state index is 5.67. The third kappa shape index (κ3) is 2.36. The zero-order valence-corrected chi connectivity index (χ0v) is 10.7. The van der Waals surface area contributed by atoms with Crippen LogP contribution in [0.25, 0.3) is 0 Å². The summed E-state index contributed by atoms with van der Waals surface area (Å²) >= 11 is 1.78. The Balaban J connectivity index is 1.71. The minimum absolute atomic E-state index is 0.812. The average molecular weight is 254 g/mol. The van der Waals surface area contributed by atoms with Gasteiger partial charge in [0.05, 0.1) is 10.7 Å². The molecular weight excluding hydrogens is 240 g/mol. The fraction of sp³-hybridized carbons (Fsp3) is 0.0667. The van der Waals surface area contributed by atoms with Gasteiger partial charge >= 0.3 is 0 Å². The highest BCUT2D eigenvalue weighted by molar-refractivity contribution is 8.03. The fourth-order valence-corrected chi connectivity index (χ4v) is 2.83. The molecule has 0 spiro atoms. The first-order valence-corrected chi connectivity index (χ1v) is 6.71. The molecule has 2 nitrogen and oxygen atoms in total. The SMILES string of the molecule is Nc1ccc(CC=C2Nc3ccccc3S2)cc1. The first kappa shape index (κ1) is 11.2. The number of nitrogens with one attached hydrogen (secondary N) is 1. The maximum Gasteiger partial charge on any atom is 0.0737 e. The van der Waals surface area contributed by atoms with E-state index in [1.165, 1.54) is 21.2 Å². The van der Waals surface area contributed by atoms with Crippen LogP contribution in [-0.4, -0.2) is 0 Å². The van der Waals surface area contributed by atoms with Gasteiger partial charge in [-0.2, -0.15) is 0 Å². The third-order valence-electron chi connectivity index (χ3n) is 2.87. The molecule has 0 saturated carbocycles. The summed E-state index contributed by atoms with van der Waals surface area (Å²) in [5, 5.41) is 4.62. The number of rotatable bonds is 2. The average Bonchev–Trinajstić information content (AvgIpc) is 2.81. The van der Waals surface area contributed by atoms with Gasteiger partial charge in [-0.25, -0.2) is 0 Å². The van der Waals surface area contributed by atoms with Crippen molar-refractivity contribution in [3.63, 3.8) is 0 Å². The lowest BCUT2D eigenvalue weighted by Gasteiger charge is -2.00. The minimum Gasteiger partial charge on any atom is -0.399 e. The van der Waals surface area contributed by atoms with Crippen molar-refractivity contribution >= 4 is 23.1 Å². The summed E-state index contributed by atoms with van der Waals surface area (Å²) in [6.45, 7) is 0. The van der Waals surface area contributed by atoms with E-state index < -0.39 is 0 Å². The van der Waals surface area contributed by atoms with Gasteiger partial charge in [0.15, 0.2) is 0 Å². The van der Waals surface area contributed by atoms with Crippen LogP contribution in [0.15, 0.2) is 64.5 Å². The Morgan fingerprint density at radius 1 is 1.06 bits per heavy atom. The quantitative estimate of drug-likeness (QED) is 0.799. The predicted octanol–water partition coefficient (Wildman–Crippen LogP) is 3.87. The second-order valence-corrected chi connectivity index (χ2v) is 5.32. The van der Waals surface area contributed by atoms with Crippen LogP contribution in [0.4, 0.5) is 11.4 Å². The fourth-order valence-electron chi connectivity index (χ4n) is 1.89. The summed E-state index contributed by atoms with van der Waals surface area (Å²) in [4.78, 5) is 1.29. The van der Waals surface area contributed by atoms with Gasteiger partial charge in [0, 0.05) is 10.6 Å². The lowest BCUT2D eigenvalue weighted by molar-refractivity contribution is 1.26. The smallest absolute Gasteiger partial charge is 0.0737 e. The highest BCUT2D eigenvalue weighted by atomic mass is 32.2. The van der Waals surface area contributed by atoms with Crippen LogP contribution in [0.1, 0.15) is 5.56 Å².